The summed E-state index contributed by atoms with van der Waals surface area (Å²) in [5.74, 6) is 1.13. The van der Waals surface area contributed by atoms with Crippen molar-refractivity contribution in [1.82, 2.24) is 9.97 Å². The quantitative estimate of drug-likeness (QED) is 0.0815. The molecule has 0 fully saturated rings. The van der Waals surface area contributed by atoms with Crippen molar-refractivity contribution in [3.8, 4) is 22.5 Å². The third-order valence-corrected chi connectivity index (χ3v) is 9.22. The van der Waals surface area contributed by atoms with Crippen molar-refractivity contribution in [2.24, 2.45) is 17.8 Å². The molecule has 5 rings (SSSR count). The molecule has 6 heteroatoms. The smallest absolute Gasteiger partial charge is 0.162 e. The van der Waals surface area contributed by atoms with Crippen LogP contribution in [0.15, 0.2) is 83.4 Å². The van der Waals surface area contributed by atoms with E-state index in [4.69, 9.17) is 4.42 Å². The molecule has 0 saturated heterocycles. The molecule has 3 aromatic carbocycles. The first-order valence-electron chi connectivity index (χ1n) is 17.6. The fraction of sp³-hybridized carbons (Fsp3) is 0.419. The Morgan fingerprint density at radius 1 is 0.878 bits per heavy atom. The minimum Gasteiger partial charge on any atom is -0.512 e. The molecule has 5 nitrogen and oxygen atoms in total. The van der Waals surface area contributed by atoms with Crippen LogP contribution >= 0.6 is 0 Å². The van der Waals surface area contributed by atoms with Crippen LogP contribution in [0.25, 0.3) is 44.3 Å². The van der Waals surface area contributed by atoms with Gasteiger partial charge in [-0.15, -0.1) is 29.1 Å². The monoisotopic (exact) mass is 838 g/mol. The first-order chi connectivity index (χ1) is 22.9. The minimum atomic E-state index is 0. The Morgan fingerprint density at radius 2 is 1.53 bits per heavy atom. The number of fused-ring (bicyclic) bond motifs is 2. The first-order valence-corrected chi connectivity index (χ1v) is 17.6. The second kappa shape index (κ2) is 17.9. The number of carbonyl (C=O) groups is 1. The summed E-state index contributed by atoms with van der Waals surface area (Å²) in [6, 6.07) is 22.7. The van der Waals surface area contributed by atoms with Gasteiger partial charge in [0.05, 0.1) is 17.7 Å². The Labute approximate surface area is 307 Å². The van der Waals surface area contributed by atoms with Crippen molar-refractivity contribution >= 4 is 27.5 Å². The Kier molecular flexibility index (Phi) is 14.5. The van der Waals surface area contributed by atoms with Crippen molar-refractivity contribution in [2.45, 2.75) is 99.8 Å². The zero-order valence-electron chi connectivity index (χ0n) is 30.7. The van der Waals surface area contributed by atoms with Crippen molar-refractivity contribution in [1.29, 1.82) is 0 Å². The van der Waals surface area contributed by atoms with Gasteiger partial charge in [-0.05, 0) is 67.2 Å². The molecular weight excluding hydrogens is 785 g/mol. The molecule has 0 amide bonds. The van der Waals surface area contributed by atoms with E-state index in [-0.39, 0.29) is 48.9 Å². The van der Waals surface area contributed by atoms with Crippen molar-refractivity contribution in [2.75, 3.05) is 0 Å². The fourth-order valence-electron chi connectivity index (χ4n) is 6.36. The number of aliphatic hydroxyl groups is 1. The average Bonchev–Trinajstić information content (AvgIpc) is 3.56. The van der Waals surface area contributed by atoms with Gasteiger partial charge >= 0.3 is 0 Å². The molecule has 0 aliphatic heterocycles. The van der Waals surface area contributed by atoms with Crippen LogP contribution < -0.4 is 0 Å². The molecule has 1 N–H and O–H groups in total. The second-order valence-electron chi connectivity index (χ2n) is 14.2. The molecule has 49 heavy (non-hydrogen) atoms. The predicted octanol–water partition coefficient (Wildman–Crippen LogP) is 11.9. The van der Waals surface area contributed by atoms with Gasteiger partial charge in [0.15, 0.2) is 5.78 Å². The molecular formula is C43H53IrN2O3-. The number of hydrogen-bond acceptors (Lipinski definition) is 5. The number of carbonyl (C=O) groups excluding carboxylic acids is 1. The standard InChI is InChI=1S/C30H29N2O.C13H24O2.Ir/c1-19(2)14-21-10-11-25(29-24(21)12-13-33-29)28-17-27(31-18-32-28)22-15-20-8-6-7-9-23(20)26(16-22)30(3,4)5;1-5-10(6-2)12(14)9-13(15)11(7-3)8-4;/h6-13,16-19H,14H2,1-5H3;9-11,14H,5-8H2,1-4H3;/q-1;;/b;12-9-;. The molecule has 0 aliphatic rings. The molecule has 0 unspecified atom stereocenters. The van der Waals surface area contributed by atoms with Crippen LogP contribution in [0.1, 0.15) is 99.1 Å². The van der Waals surface area contributed by atoms with Crippen molar-refractivity contribution < 1.29 is 34.4 Å². The maximum atomic E-state index is 11.7. The molecule has 5 aromatic rings. The van der Waals surface area contributed by atoms with Gasteiger partial charge in [-0.1, -0.05) is 97.5 Å². The molecule has 2 heterocycles. The Morgan fingerprint density at radius 3 is 2.16 bits per heavy atom. The Balaban J connectivity index is 0.000000347. The zero-order chi connectivity index (χ0) is 35.0. The van der Waals surface area contributed by atoms with E-state index in [1.807, 2.05) is 33.8 Å². The van der Waals surface area contributed by atoms with Gasteiger partial charge < -0.3 is 9.52 Å². The van der Waals surface area contributed by atoms with Gasteiger partial charge in [-0.25, -0.2) is 4.98 Å². The Hall–Kier alpha value is -3.60. The summed E-state index contributed by atoms with van der Waals surface area (Å²) in [5.41, 5.74) is 7.18. The third-order valence-electron chi connectivity index (χ3n) is 9.22. The van der Waals surface area contributed by atoms with Crippen LogP contribution in [-0.2, 0) is 36.7 Å². The summed E-state index contributed by atoms with van der Waals surface area (Å²) in [7, 11) is 0. The number of allylic oxidation sites excluding steroid dienone is 2. The summed E-state index contributed by atoms with van der Waals surface area (Å²) in [5, 5.41) is 13.3. The van der Waals surface area contributed by atoms with Gasteiger partial charge in [0, 0.05) is 54.7 Å². The zero-order valence-corrected chi connectivity index (χ0v) is 33.1. The largest absolute Gasteiger partial charge is 0.512 e. The van der Waals surface area contributed by atoms with Gasteiger partial charge in [0.25, 0.3) is 0 Å². The van der Waals surface area contributed by atoms with E-state index >= 15 is 0 Å². The summed E-state index contributed by atoms with van der Waals surface area (Å²) >= 11 is 0. The fourth-order valence-corrected chi connectivity index (χ4v) is 6.36. The van der Waals surface area contributed by atoms with E-state index in [0.29, 0.717) is 5.92 Å². The van der Waals surface area contributed by atoms with Crippen LogP contribution in [-0.4, -0.2) is 20.9 Å². The van der Waals surface area contributed by atoms with Gasteiger partial charge in [0.2, 0.25) is 0 Å². The van der Waals surface area contributed by atoms with Crippen LogP contribution in [0.4, 0.5) is 0 Å². The molecule has 0 atom stereocenters. The van der Waals surface area contributed by atoms with Crippen LogP contribution in [0.5, 0.6) is 0 Å². The SMILES string of the molecule is CC(C)Cc1ccc(-c2cc(-c3[c-]c4ccccc4c(C(C)(C)C)c3)ncn2)c2occc12.CCC(CC)C(=O)/C=C(\O)C(CC)CC.[Ir]. The summed E-state index contributed by atoms with van der Waals surface area (Å²) in [4.78, 5) is 20.9. The normalized spacial score (nSPS) is 12.0. The van der Waals surface area contributed by atoms with Gasteiger partial charge in [-0.3, -0.25) is 9.78 Å². The molecule has 2 aromatic heterocycles. The molecule has 0 spiro atoms. The average molecular weight is 838 g/mol. The summed E-state index contributed by atoms with van der Waals surface area (Å²) in [6.45, 7) is 19.3. The van der Waals surface area contributed by atoms with E-state index in [2.05, 4.69) is 99.2 Å². The number of aromatic nitrogens is 2. The number of hydrogen-bond donors (Lipinski definition) is 1. The molecule has 263 valence electrons. The molecule has 1 radical (unpaired) electrons. The molecule has 0 bridgehead atoms. The van der Waals surface area contributed by atoms with Gasteiger partial charge in [-0.2, -0.15) is 0 Å². The van der Waals surface area contributed by atoms with Crippen LogP contribution in [0.3, 0.4) is 0 Å². The second-order valence-corrected chi connectivity index (χ2v) is 14.2. The topological polar surface area (TPSA) is 76.2 Å². The summed E-state index contributed by atoms with van der Waals surface area (Å²) < 4.78 is 5.92. The predicted molar refractivity (Wildman–Crippen MR) is 200 cm³/mol. The van der Waals surface area contributed by atoms with Crippen molar-refractivity contribution in [3.63, 3.8) is 0 Å². The number of furan rings is 1. The van der Waals surface area contributed by atoms with Gasteiger partial charge in [0.1, 0.15) is 11.9 Å². The minimum absolute atomic E-state index is 0. The van der Waals surface area contributed by atoms with E-state index in [9.17, 15) is 9.90 Å². The number of nitrogens with zero attached hydrogens (tertiary/aromatic N) is 2. The van der Waals surface area contributed by atoms with Crippen LogP contribution in [0, 0.1) is 23.8 Å². The summed E-state index contributed by atoms with van der Waals surface area (Å²) in [6.07, 6.45) is 9.34. The molecule has 0 saturated carbocycles. The number of ketones is 1. The first kappa shape index (κ1) is 39.8. The van der Waals surface area contributed by atoms with E-state index in [0.717, 1.165) is 71.0 Å². The maximum Gasteiger partial charge on any atom is 0.162 e. The molecule has 0 aliphatic carbocycles. The number of aliphatic hydroxyl groups excluding tert-OH is 1. The van der Waals surface area contributed by atoms with Crippen molar-refractivity contribution in [3.05, 3.63) is 96.2 Å². The van der Waals surface area contributed by atoms with Crippen LogP contribution in [0.2, 0.25) is 0 Å². The third kappa shape index (κ3) is 9.77. The van der Waals surface area contributed by atoms with E-state index in [1.165, 1.54) is 22.6 Å². The number of rotatable bonds is 11. The number of benzene rings is 3. The van der Waals surface area contributed by atoms with E-state index in [1.54, 1.807) is 12.6 Å². The maximum absolute atomic E-state index is 11.7. The van der Waals surface area contributed by atoms with E-state index < -0.39 is 0 Å². The Bertz CT molecular complexity index is 1860.